The molecule has 4 rings (SSSR count). The lowest BCUT2D eigenvalue weighted by Crippen LogP contribution is -2.36. The van der Waals surface area contributed by atoms with Gasteiger partial charge in [-0.3, -0.25) is 4.98 Å². The Hall–Kier alpha value is -3.08. The van der Waals surface area contributed by atoms with Crippen LogP contribution in [0, 0.1) is 0 Å². The fraction of sp³-hybridized carbons (Fsp3) is 0.385. The van der Waals surface area contributed by atoms with Crippen molar-refractivity contribution in [2.45, 2.75) is 48.4 Å². The van der Waals surface area contributed by atoms with Crippen LogP contribution in [0.5, 0.6) is 5.88 Å². The average Bonchev–Trinajstić information content (AvgIpc) is 2.89. The highest BCUT2D eigenvalue weighted by Gasteiger charge is 2.23. The van der Waals surface area contributed by atoms with Gasteiger partial charge in [0.05, 0.1) is 23.6 Å². The van der Waals surface area contributed by atoms with Crippen LogP contribution in [-0.2, 0) is 15.6 Å². The largest absolute Gasteiger partial charge is 0.481 e. The van der Waals surface area contributed by atoms with Crippen molar-refractivity contribution < 1.29 is 13.2 Å². The van der Waals surface area contributed by atoms with Crippen LogP contribution >= 0.6 is 11.6 Å². The number of methoxy groups -OCH3 is 1. The molecule has 0 bridgehead atoms. The minimum absolute atomic E-state index is 0.0272. The highest BCUT2D eigenvalue weighted by atomic mass is 35.5. The summed E-state index contributed by atoms with van der Waals surface area (Å²) in [6, 6.07) is 5.90. The molecule has 1 saturated carbocycles. The van der Waals surface area contributed by atoms with Crippen LogP contribution < -0.4 is 10.1 Å². The standard InChI is InChI=1S/C26H31ClN6O3S/c1-33(2)22-10-8-20(9-11-22)32-26-29-14-18(15-30-26)4-5-19-6-7-21(31-25(19)36-3)17-37(34,35)24-16-28-13-12-23(24)27/h4-7,12-16,20,22H,8-11,17H2,1-3H3,(H,29,30,32)/b5-4+. The lowest BCUT2D eigenvalue weighted by molar-refractivity contribution is 0.221. The summed E-state index contributed by atoms with van der Waals surface area (Å²) in [5, 5.41) is 3.57. The number of aromatic nitrogens is 4. The molecule has 0 saturated heterocycles. The van der Waals surface area contributed by atoms with Crippen molar-refractivity contribution >= 4 is 39.5 Å². The maximum absolute atomic E-state index is 12.8. The highest BCUT2D eigenvalue weighted by Crippen LogP contribution is 2.26. The van der Waals surface area contributed by atoms with Crippen LogP contribution in [0.4, 0.5) is 5.95 Å². The van der Waals surface area contributed by atoms with Crippen molar-refractivity contribution in [3.8, 4) is 5.88 Å². The number of nitrogens with one attached hydrogen (secondary N) is 1. The van der Waals surface area contributed by atoms with Gasteiger partial charge in [0.15, 0.2) is 9.84 Å². The number of nitrogens with zero attached hydrogens (tertiary/aromatic N) is 5. The van der Waals surface area contributed by atoms with Crippen molar-refractivity contribution in [1.82, 2.24) is 24.8 Å². The van der Waals surface area contributed by atoms with Gasteiger partial charge in [0, 0.05) is 48.0 Å². The number of hydrogen-bond acceptors (Lipinski definition) is 9. The van der Waals surface area contributed by atoms with E-state index in [4.69, 9.17) is 16.3 Å². The molecule has 0 aromatic carbocycles. The Morgan fingerprint density at radius 1 is 1.08 bits per heavy atom. The maximum atomic E-state index is 12.8. The van der Waals surface area contributed by atoms with Crippen LogP contribution in [0.2, 0.25) is 5.02 Å². The van der Waals surface area contributed by atoms with E-state index in [9.17, 15) is 8.42 Å². The minimum Gasteiger partial charge on any atom is -0.481 e. The first-order chi connectivity index (χ1) is 17.7. The van der Waals surface area contributed by atoms with Gasteiger partial charge in [-0.05, 0) is 64.1 Å². The molecule has 196 valence electrons. The second-order valence-corrected chi connectivity index (χ2v) is 11.6. The molecule has 1 aliphatic carbocycles. The van der Waals surface area contributed by atoms with Crippen LogP contribution in [-0.4, -0.2) is 66.5 Å². The van der Waals surface area contributed by atoms with E-state index in [0.29, 0.717) is 35.2 Å². The Bertz CT molecular complexity index is 1340. The molecule has 0 unspecified atom stereocenters. The molecular weight excluding hydrogens is 512 g/mol. The summed E-state index contributed by atoms with van der Waals surface area (Å²) in [5.74, 6) is 0.621. The summed E-state index contributed by atoms with van der Waals surface area (Å²) in [6.07, 6.45) is 14.4. The molecule has 0 atom stereocenters. The number of pyridine rings is 2. The molecule has 0 radical (unpaired) electrons. The summed E-state index contributed by atoms with van der Waals surface area (Å²) in [5.41, 5.74) is 1.86. The molecule has 3 heterocycles. The van der Waals surface area contributed by atoms with E-state index < -0.39 is 9.84 Å². The van der Waals surface area contributed by atoms with Crippen molar-refractivity contribution in [2.24, 2.45) is 0 Å². The second kappa shape index (κ2) is 12.0. The van der Waals surface area contributed by atoms with Crippen LogP contribution in [0.1, 0.15) is 42.5 Å². The molecule has 37 heavy (non-hydrogen) atoms. The van der Waals surface area contributed by atoms with Gasteiger partial charge in [-0.25, -0.2) is 23.4 Å². The Kier molecular flexibility index (Phi) is 8.73. The zero-order valence-electron chi connectivity index (χ0n) is 21.1. The summed E-state index contributed by atoms with van der Waals surface area (Å²) >= 11 is 6.04. The summed E-state index contributed by atoms with van der Waals surface area (Å²) in [7, 11) is 2.05. The van der Waals surface area contributed by atoms with Crippen molar-refractivity contribution in [3.63, 3.8) is 0 Å². The first-order valence-corrected chi connectivity index (χ1v) is 14.1. The van der Waals surface area contributed by atoms with Crippen molar-refractivity contribution in [2.75, 3.05) is 26.5 Å². The van der Waals surface area contributed by atoms with E-state index in [0.717, 1.165) is 18.4 Å². The zero-order chi connectivity index (χ0) is 26.4. The Morgan fingerprint density at radius 2 is 1.81 bits per heavy atom. The number of halogens is 1. The third kappa shape index (κ3) is 7.03. The summed E-state index contributed by atoms with van der Waals surface area (Å²) in [6.45, 7) is 0. The van der Waals surface area contributed by atoms with Gasteiger partial charge in [-0.2, -0.15) is 0 Å². The second-order valence-electron chi connectivity index (χ2n) is 9.25. The van der Waals surface area contributed by atoms with E-state index in [-0.39, 0.29) is 15.7 Å². The molecule has 0 aliphatic heterocycles. The van der Waals surface area contributed by atoms with E-state index >= 15 is 0 Å². The van der Waals surface area contributed by atoms with Gasteiger partial charge >= 0.3 is 0 Å². The van der Waals surface area contributed by atoms with E-state index in [1.807, 2.05) is 12.2 Å². The van der Waals surface area contributed by atoms with Gasteiger partial charge in [-0.1, -0.05) is 17.7 Å². The number of ether oxygens (including phenoxy) is 1. The highest BCUT2D eigenvalue weighted by molar-refractivity contribution is 7.90. The third-order valence-electron chi connectivity index (χ3n) is 6.44. The molecular formula is C26H31ClN6O3S. The molecule has 3 aromatic heterocycles. The SMILES string of the molecule is COc1nc(CS(=O)(=O)c2cnccc2Cl)ccc1/C=C/c1cnc(NC2CCC(N(C)C)CC2)nc1. The molecule has 0 spiro atoms. The Labute approximate surface area is 222 Å². The van der Waals surface area contributed by atoms with Crippen LogP contribution in [0.25, 0.3) is 12.2 Å². The number of sulfone groups is 1. The van der Waals surface area contributed by atoms with E-state index in [1.54, 1.807) is 24.5 Å². The quantitative estimate of drug-likeness (QED) is 0.421. The molecule has 0 amide bonds. The molecule has 1 N–H and O–H groups in total. The van der Waals surface area contributed by atoms with Gasteiger partial charge < -0.3 is 15.0 Å². The minimum atomic E-state index is -3.71. The lowest BCUT2D eigenvalue weighted by Gasteiger charge is -2.32. The Balaban J connectivity index is 1.39. The summed E-state index contributed by atoms with van der Waals surface area (Å²) < 4.78 is 30.9. The number of rotatable bonds is 9. The predicted molar refractivity (Wildman–Crippen MR) is 145 cm³/mol. The van der Waals surface area contributed by atoms with Crippen LogP contribution in [0.3, 0.4) is 0 Å². The van der Waals surface area contributed by atoms with E-state index in [1.165, 1.54) is 38.4 Å². The monoisotopic (exact) mass is 542 g/mol. The maximum Gasteiger partial charge on any atom is 0.222 e. The van der Waals surface area contributed by atoms with Crippen molar-refractivity contribution in [1.29, 1.82) is 0 Å². The fourth-order valence-corrected chi connectivity index (χ4v) is 6.08. The third-order valence-corrected chi connectivity index (χ3v) is 8.55. The topological polar surface area (TPSA) is 110 Å². The molecule has 11 heteroatoms. The van der Waals surface area contributed by atoms with Gasteiger partial charge in [0.1, 0.15) is 4.90 Å². The summed E-state index contributed by atoms with van der Waals surface area (Å²) in [4.78, 5) is 19.4. The van der Waals surface area contributed by atoms with Crippen LogP contribution in [0.15, 0.2) is 47.9 Å². The number of anilines is 1. The normalized spacial score (nSPS) is 18.3. The first kappa shape index (κ1) is 27.0. The first-order valence-electron chi connectivity index (χ1n) is 12.0. The smallest absolute Gasteiger partial charge is 0.222 e. The fourth-order valence-electron chi connectivity index (χ4n) is 4.33. The van der Waals surface area contributed by atoms with Gasteiger partial charge in [0.25, 0.3) is 0 Å². The Morgan fingerprint density at radius 3 is 2.46 bits per heavy atom. The van der Waals surface area contributed by atoms with E-state index in [2.05, 4.69) is 44.2 Å². The van der Waals surface area contributed by atoms with Gasteiger partial charge in [-0.15, -0.1) is 0 Å². The number of hydrogen-bond donors (Lipinski definition) is 1. The molecule has 9 nitrogen and oxygen atoms in total. The molecule has 3 aromatic rings. The predicted octanol–water partition coefficient (Wildman–Crippen LogP) is 4.36. The lowest BCUT2D eigenvalue weighted by atomic mass is 9.91. The van der Waals surface area contributed by atoms with Crippen molar-refractivity contribution in [3.05, 3.63) is 64.8 Å². The molecule has 1 aliphatic rings. The zero-order valence-corrected chi connectivity index (χ0v) is 22.7. The van der Waals surface area contributed by atoms with Gasteiger partial charge in [0.2, 0.25) is 11.8 Å². The molecule has 1 fully saturated rings. The average molecular weight is 543 g/mol.